The summed E-state index contributed by atoms with van der Waals surface area (Å²) in [5.41, 5.74) is 1.64. The third-order valence-corrected chi connectivity index (χ3v) is 6.07. The van der Waals surface area contributed by atoms with Gasteiger partial charge in [-0.3, -0.25) is 13.9 Å². The van der Waals surface area contributed by atoms with Gasteiger partial charge in [-0.25, -0.2) is 9.78 Å². The van der Waals surface area contributed by atoms with E-state index in [1.54, 1.807) is 13.2 Å². The highest BCUT2D eigenvalue weighted by Gasteiger charge is 2.19. The highest BCUT2D eigenvalue weighted by molar-refractivity contribution is 5.74. The van der Waals surface area contributed by atoms with Crippen molar-refractivity contribution < 1.29 is 0 Å². The largest absolute Gasteiger partial charge is 0.332 e. The molecule has 0 saturated carbocycles. The predicted molar refractivity (Wildman–Crippen MR) is 119 cm³/mol. The van der Waals surface area contributed by atoms with Gasteiger partial charge in [0.25, 0.3) is 5.56 Å². The zero-order chi connectivity index (χ0) is 21.1. The molecule has 7 nitrogen and oxygen atoms in total. The molecule has 3 aromatic rings. The van der Waals surface area contributed by atoms with Crippen molar-refractivity contribution in [2.45, 2.75) is 38.4 Å². The number of likely N-dealkylation sites (tertiary alicyclic amines) is 1. The molecule has 1 fully saturated rings. The number of hydrogen-bond acceptors (Lipinski definition) is 5. The van der Waals surface area contributed by atoms with Crippen molar-refractivity contribution in [2.24, 2.45) is 7.05 Å². The van der Waals surface area contributed by atoms with Gasteiger partial charge in [-0.05, 0) is 56.6 Å². The molecule has 7 heteroatoms. The Kier molecular flexibility index (Phi) is 6.11. The zero-order valence-electron chi connectivity index (χ0n) is 17.7. The zero-order valence-corrected chi connectivity index (χ0v) is 17.7. The van der Waals surface area contributed by atoms with Crippen LogP contribution in [0.3, 0.4) is 0 Å². The van der Waals surface area contributed by atoms with Crippen molar-refractivity contribution in [3.05, 3.63) is 74.6 Å². The minimum absolute atomic E-state index is 0.250. The molecule has 0 radical (unpaired) electrons. The van der Waals surface area contributed by atoms with Crippen LogP contribution in [-0.4, -0.2) is 45.2 Å². The standard InChI is InChI=1S/C23H29N5O2/c1-26-12-6-9-19(26)10-11-24-14-18-13-20-21(25-15-18)27(2)23(30)28(22(20)29)16-17-7-4-3-5-8-17/h3-5,7-8,13,15,19,24H,6,9-12,14,16H2,1-2H3. The fourth-order valence-corrected chi connectivity index (χ4v) is 4.28. The third kappa shape index (κ3) is 4.22. The second-order valence-electron chi connectivity index (χ2n) is 8.18. The SMILES string of the molecule is CN1CCCC1CCNCc1cnc2c(c1)c(=O)n(Cc1ccccc1)c(=O)n2C. The maximum atomic E-state index is 13.1. The van der Waals surface area contributed by atoms with Gasteiger partial charge in [0.1, 0.15) is 5.65 Å². The lowest BCUT2D eigenvalue weighted by molar-refractivity contribution is 0.293. The quantitative estimate of drug-likeness (QED) is 0.604. The molecule has 1 aliphatic heterocycles. The number of fused-ring (bicyclic) bond motifs is 1. The molecule has 0 spiro atoms. The summed E-state index contributed by atoms with van der Waals surface area (Å²) in [7, 11) is 3.85. The Bertz CT molecular complexity index is 1140. The van der Waals surface area contributed by atoms with Crippen LogP contribution in [0.4, 0.5) is 0 Å². The first-order chi connectivity index (χ1) is 14.5. The Morgan fingerprint density at radius 3 is 2.67 bits per heavy atom. The number of aromatic nitrogens is 3. The lowest BCUT2D eigenvalue weighted by atomic mass is 10.1. The van der Waals surface area contributed by atoms with Gasteiger partial charge in [-0.2, -0.15) is 0 Å². The molecule has 0 aliphatic carbocycles. The van der Waals surface area contributed by atoms with Crippen LogP contribution in [0.5, 0.6) is 0 Å². The molecule has 1 aromatic carbocycles. The molecule has 1 N–H and O–H groups in total. The van der Waals surface area contributed by atoms with Crippen molar-refractivity contribution in [3.8, 4) is 0 Å². The molecule has 158 valence electrons. The van der Waals surface area contributed by atoms with E-state index in [1.807, 2.05) is 36.4 Å². The molecule has 4 rings (SSSR count). The van der Waals surface area contributed by atoms with E-state index in [1.165, 1.54) is 28.5 Å². The molecular formula is C23H29N5O2. The average Bonchev–Trinajstić information content (AvgIpc) is 3.18. The number of hydrogen-bond donors (Lipinski definition) is 1. The van der Waals surface area contributed by atoms with E-state index in [0.29, 0.717) is 23.6 Å². The van der Waals surface area contributed by atoms with Crippen LogP contribution in [0.15, 0.2) is 52.2 Å². The summed E-state index contributed by atoms with van der Waals surface area (Å²) in [5, 5.41) is 3.94. The molecule has 1 aliphatic rings. The minimum atomic E-state index is -0.351. The molecule has 1 atom stereocenters. The normalized spacial score (nSPS) is 17.1. The molecule has 0 amide bonds. The van der Waals surface area contributed by atoms with Crippen LogP contribution in [0.25, 0.3) is 11.0 Å². The highest BCUT2D eigenvalue weighted by Crippen LogP contribution is 2.17. The summed E-state index contributed by atoms with van der Waals surface area (Å²) < 4.78 is 2.74. The van der Waals surface area contributed by atoms with E-state index in [-0.39, 0.29) is 17.8 Å². The van der Waals surface area contributed by atoms with Gasteiger partial charge in [-0.15, -0.1) is 0 Å². The molecule has 3 heterocycles. The van der Waals surface area contributed by atoms with Crippen LogP contribution in [0.1, 0.15) is 30.4 Å². The minimum Gasteiger partial charge on any atom is -0.313 e. The van der Waals surface area contributed by atoms with Gasteiger partial charge in [-0.1, -0.05) is 30.3 Å². The number of nitrogens with one attached hydrogen (secondary N) is 1. The Labute approximate surface area is 176 Å². The Morgan fingerprint density at radius 1 is 1.13 bits per heavy atom. The lowest BCUT2D eigenvalue weighted by Gasteiger charge is -2.19. The van der Waals surface area contributed by atoms with Gasteiger partial charge in [0.05, 0.1) is 11.9 Å². The third-order valence-electron chi connectivity index (χ3n) is 6.07. The molecule has 2 aromatic heterocycles. The smallest absolute Gasteiger partial charge is 0.313 e. The van der Waals surface area contributed by atoms with Gasteiger partial charge < -0.3 is 10.2 Å². The van der Waals surface area contributed by atoms with Crippen LogP contribution >= 0.6 is 0 Å². The van der Waals surface area contributed by atoms with E-state index < -0.39 is 0 Å². The summed E-state index contributed by atoms with van der Waals surface area (Å²) in [6, 6.07) is 12.1. The van der Waals surface area contributed by atoms with Crippen molar-refractivity contribution in [1.29, 1.82) is 0 Å². The van der Waals surface area contributed by atoms with Gasteiger partial charge in [0.2, 0.25) is 0 Å². The molecule has 30 heavy (non-hydrogen) atoms. The maximum absolute atomic E-state index is 13.1. The van der Waals surface area contributed by atoms with Crippen LogP contribution in [0, 0.1) is 0 Å². The number of aryl methyl sites for hydroxylation is 1. The molecule has 0 bridgehead atoms. The highest BCUT2D eigenvalue weighted by atomic mass is 16.2. The lowest BCUT2D eigenvalue weighted by Crippen LogP contribution is -2.39. The fraction of sp³-hybridized carbons (Fsp3) is 0.435. The second-order valence-corrected chi connectivity index (χ2v) is 8.18. The molecule has 1 saturated heterocycles. The fourth-order valence-electron chi connectivity index (χ4n) is 4.28. The summed E-state index contributed by atoms with van der Waals surface area (Å²) in [6.07, 6.45) is 5.42. The summed E-state index contributed by atoms with van der Waals surface area (Å²) in [5.74, 6) is 0. The van der Waals surface area contributed by atoms with E-state index in [0.717, 1.165) is 24.1 Å². The van der Waals surface area contributed by atoms with E-state index in [2.05, 4.69) is 22.2 Å². The number of benzene rings is 1. The summed E-state index contributed by atoms with van der Waals surface area (Å²) in [6.45, 7) is 3.02. The van der Waals surface area contributed by atoms with Crippen LogP contribution in [0.2, 0.25) is 0 Å². The van der Waals surface area contributed by atoms with E-state index in [4.69, 9.17) is 0 Å². The first-order valence-electron chi connectivity index (χ1n) is 10.6. The maximum Gasteiger partial charge on any atom is 0.332 e. The first kappa shape index (κ1) is 20.5. The second kappa shape index (κ2) is 8.93. The monoisotopic (exact) mass is 407 g/mol. The van der Waals surface area contributed by atoms with E-state index >= 15 is 0 Å². The van der Waals surface area contributed by atoms with Crippen molar-refractivity contribution in [2.75, 3.05) is 20.1 Å². The van der Waals surface area contributed by atoms with E-state index in [9.17, 15) is 9.59 Å². The van der Waals surface area contributed by atoms with Gasteiger partial charge in [0, 0.05) is 25.8 Å². The predicted octanol–water partition coefficient (Wildman–Crippen LogP) is 1.72. The number of rotatable bonds is 7. The number of pyridine rings is 1. The molecule has 1 unspecified atom stereocenters. The topological polar surface area (TPSA) is 72.2 Å². The van der Waals surface area contributed by atoms with Gasteiger partial charge >= 0.3 is 5.69 Å². The van der Waals surface area contributed by atoms with Crippen molar-refractivity contribution in [1.82, 2.24) is 24.3 Å². The number of nitrogens with zero attached hydrogens (tertiary/aromatic N) is 4. The van der Waals surface area contributed by atoms with Crippen molar-refractivity contribution >= 4 is 11.0 Å². The Hall–Kier alpha value is -2.77. The average molecular weight is 408 g/mol. The van der Waals surface area contributed by atoms with Crippen LogP contribution in [-0.2, 0) is 20.1 Å². The first-order valence-corrected chi connectivity index (χ1v) is 10.6. The van der Waals surface area contributed by atoms with Gasteiger partial charge in [0.15, 0.2) is 0 Å². The Morgan fingerprint density at radius 2 is 1.93 bits per heavy atom. The van der Waals surface area contributed by atoms with Crippen molar-refractivity contribution in [3.63, 3.8) is 0 Å². The summed E-state index contributed by atoms with van der Waals surface area (Å²) >= 11 is 0. The summed E-state index contributed by atoms with van der Waals surface area (Å²) in [4.78, 5) is 32.7. The van der Waals surface area contributed by atoms with Crippen LogP contribution < -0.4 is 16.6 Å². The molecular weight excluding hydrogens is 378 g/mol. The Balaban J connectivity index is 1.54.